The number of carbonyl (C=O) groups is 2. The molecule has 2 rings (SSSR count). The van der Waals surface area contributed by atoms with E-state index in [4.69, 9.17) is 0 Å². The van der Waals surface area contributed by atoms with Crippen LogP contribution in [0.4, 0.5) is 11.5 Å². The zero-order valence-electron chi connectivity index (χ0n) is 13.8. The van der Waals surface area contributed by atoms with Crippen molar-refractivity contribution in [2.75, 3.05) is 30.8 Å². The molecule has 0 fully saturated rings. The molecule has 1 aromatic carbocycles. The van der Waals surface area contributed by atoms with E-state index >= 15 is 0 Å². The molecule has 0 atom stereocenters. The van der Waals surface area contributed by atoms with Crippen molar-refractivity contribution in [3.05, 3.63) is 51.0 Å². The molecule has 2 N–H and O–H groups in total. The fraction of sp³-hybridized carbons (Fsp3) is 0.235. The van der Waals surface area contributed by atoms with Gasteiger partial charge in [0.1, 0.15) is 5.82 Å². The van der Waals surface area contributed by atoms with E-state index in [9.17, 15) is 9.59 Å². The number of carbonyl (C=O) groups excluding carboxylic acids is 2. The summed E-state index contributed by atoms with van der Waals surface area (Å²) >= 11 is 6.71. The van der Waals surface area contributed by atoms with Crippen LogP contribution < -0.4 is 10.6 Å². The Hall–Kier alpha value is -1.77. The average molecular weight is 470 g/mol. The highest BCUT2D eigenvalue weighted by molar-refractivity contribution is 9.10. The van der Waals surface area contributed by atoms with E-state index in [0.29, 0.717) is 11.5 Å². The van der Waals surface area contributed by atoms with Gasteiger partial charge in [0.25, 0.3) is 0 Å². The fourth-order valence-corrected chi connectivity index (χ4v) is 2.92. The number of anilines is 2. The first-order chi connectivity index (χ1) is 11.8. The first kappa shape index (κ1) is 19.6. The van der Waals surface area contributed by atoms with E-state index in [0.717, 1.165) is 14.5 Å². The number of likely N-dealkylation sites (N-methyl/N-ethyl adjacent to an activating group) is 1. The summed E-state index contributed by atoms with van der Waals surface area (Å²) in [5.74, 6) is 0.0397. The Labute approximate surface area is 163 Å². The van der Waals surface area contributed by atoms with Gasteiger partial charge in [-0.25, -0.2) is 4.98 Å². The molecule has 8 heteroatoms. The fourth-order valence-electron chi connectivity index (χ4n) is 2.09. The molecular formula is C17H18Br2N4O2. The third-order valence-corrected chi connectivity index (χ3v) is 4.35. The van der Waals surface area contributed by atoms with E-state index in [2.05, 4.69) is 47.5 Å². The molecule has 0 radical (unpaired) electrons. The van der Waals surface area contributed by atoms with E-state index in [-0.39, 0.29) is 24.9 Å². The number of nitrogens with zero attached hydrogens (tertiary/aromatic N) is 2. The number of benzene rings is 1. The Balaban J connectivity index is 1.82. The smallest absolute Gasteiger partial charge is 0.239 e. The third kappa shape index (κ3) is 6.56. The maximum absolute atomic E-state index is 12.1. The first-order valence-electron chi connectivity index (χ1n) is 7.49. The van der Waals surface area contributed by atoms with Gasteiger partial charge in [-0.3, -0.25) is 14.5 Å². The summed E-state index contributed by atoms with van der Waals surface area (Å²) in [6.45, 7) is 2.16. The van der Waals surface area contributed by atoms with Crippen molar-refractivity contribution in [2.24, 2.45) is 0 Å². The largest absolute Gasteiger partial charge is 0.324 e. The molecule has 2 amide bonds. The van der Waals surface area contributed by atoms with Gasteiger partial charge in [-0.1, -0.05) is 6.07 Å². The molecule has 0 saturated heterocycles. The van der Waals surface area contributed by atoms with Gasteiger partial charge in [0, 0.05) is 15.1 Å². The molecular weight excluding hydrogens is 452 g/mol. The van der Waals surface area contributed by atoms with Gasteiger partial charge >= 0.3 is 0 Å². The second kappa shape index (κ2) is 9.07. The van der Waals surface area contributed by atoms with E-state index in [1.807, 2.05) is 25.1 Å². The SMILES string of the molecule is Cc1ccc(NC(=O)CN(C)CC(=O)Nc2ccc(Br)cn2)c(Br)c1. The maximum Gasteiger partial charge on any atom is 0.239 e. The highest BCUT2D eigenvalue weighted by Crippen LogP contribution is 2.23. The Morgan fingerprint density at radius 1 is 1.08 bits per heavy atom. The second-order valence-electron chi connectivity index (χ2n) is 5.61. The van der Waals surface area contributed by atoms with Gasteiger partial charge in [0.2, 0.25) is 11.8 Å². The highest BCUT2D eigenvalue weighted by Gasteiger charge is 2.12. The maximum atomic E-state index is 12.1. The second-order valence-corrected chi connectivity index (χ2v) is 7.38. The van der Waals surface area contributed by atoms with Gasteiger partial charge in [-0.2, -0.15) is 0 Å². The van der Waals surface area contributed by atoms with Gasteiger partial charge < -0.3 is 10.6 Å². The van der Waals surface area contributed by atoms with Crippen molar-refractivity contribution in [3.63, 3.8) is 0 Å². The quantitative estimate of drug-likeness (QED) is 0.679. The number of aryl methyl sites for hydroxylation is 1. The molecule has 132 valence electrons. The molecule has 0 spiro atoms. The van der Waals surface area contributed by atoms with Crippen LogP contribution in [0.1, 0.15) is 5.56 Å². The van der Waals surface area contributed by atoms with Crippen LogP contribution in [0.2, 0.25) is 0 Å². The van der Waals surface area contributed by atoms with Crippen molar-refractivity contribution in [1.29, 1.82) is 0 Å². The van der Waals surface area contributed by atoms with Crippen molar-refractivity contribution >= 4 is 55.2 Å². The standard InChI is InChI=1S/C17H18Br2N4O2/c1-11-3-5-14(13(19)7-11)21-16(24)9-23(2)10-17(25)22-15-6-4-12(18)8-20-15/h3-8H,9-10H2,1-2H3,(H,21,24)(H,20,22,25). The van der Waals surface area contributed by atoms with Crippen LogP contribution in [-0.4, -0.2) is 41.8 Å². The van der Waals surface area contributed by atoms with Crippen LogP contribution in [0, 0.1) is 6.92 Å². The molecule has 2 aromatic rings. The number of hydrogen-bond acceptors (Lipinski definition) is 4. The number of rotatable bonds is 6. The minimum Gasteiger partial charge on any atom is -0.324 e. The number of hydrogen-bond donors (Lipinski definition) is 2. The number of aromatic nitrogens is 1. The van der Waals surface area contributed by atoms with Gasteiger partial charge in [0.05, 0.1) is 18.8 Å². The predicted molar refractivity (Wildman–Crippen MR) is 106 cm³/mol. The lowest BCUT2D eigenvalue weighted by atomic mass is 10.2. The number of amides is 2. The van der Waals surface area contributed by atoms with Crippen LogP contribution in [-0.2, 0) is 9.59 Å². The number of halogens is 2. The van der Waals surface area contributed by atoms with Crippen LogP contribution >= 0.6 is 31.9 Å². The van der Waals surface area contributed by atoms with Crippen LogP contribution in [0.15, 0.2) is 45.5 Å². The summed E-state index contributed by atoms with van der Waals surface area (Å²) in [6.07, 6.45) is 1.60. The molecule has 1 aromatic heterocycles. The zero-order valence-corrected chi connectivity index (χ0v) is 17.0. The summed E-state index contributed by atoms with van der Waals surface area (Å²) in [5.41, 5.74) is 1.80. The minimum atomic E-state index is -0.235. The topological polar surface area (TPSA) is 74.3 Å². The van der Waals surface area contributed by atoms with Crippen LogP contribution in [0.3, 0.4) is 0 Å². The van der Waals surface area contributed by atoms with Gasteiger partial charge in [-0.05, 0) is 75.7 Å². The monoisotopic (exact) mass is 468 g/mol. The third-order valence-electron chi connectivity index (χ3n) is 3.22. The summed E-state index contributed by atoms with van der Waals surface area (Å²) in [5, 5.41) is 5.51. The normalized spacial score (nSPS) is 10.6. The van der Waals surface area contributed by atoms with E-state index in [1.165, 1.54) is 0 Å². The lowest BCUT2D eigenvalue weighted by Gasteiger charge is -2.16. The summed E-state index contributed by atoms with van der Waals surface area (Å²) in [4.78, 5) is 29.8. The molecule has 0 saturated carbocycles. The van der Waals surface area contributed by atoms with Gasteiger partial charge in [-0.15, -0.1) is 0 Å². The molecule has 0 aliphatic carbocycles. The van der Waals surface area contributed by atoms with E-state index in [1.54, 1.807) is 30.3 Å². The minimum absolute atomic E-state index is 0.0836. The van der Waals surface area contributed by atoms with Crippen LogP contribution in [0.25, 0.3) is 0 Å². The summed E-state index contributed by atoms with van der Waals surface area (Å²) in [6, 6.07) is 9.17. The lowest BCUT2D eigenvalue weighted by Crippen LogP contribution is -2.36. The molecule has 25 heavy (non-hydrogen) atoms. The Morgan fingerprint density at radius 2 is 1.76 bits per heavy atom. The zero-order chi connectivity index (χ0) is 18.4. The number of nitrogens with one attached hydrogen (secondary N) is 2. The Bertz CT molecular complexity index is 766. The summed E-state index contributed by atoms with van der Waals surface area (Å²) < 4.78 is 1.66. The summed E-state index contributed by atoms with van der Waals surface area (Å²) in [7, 11) is 1.71. The number of pyridine rings is 1. The lowest BCUT2D eigenvalue weighted by molar-refractivity contribution is -0.119. The molecule has 0 unspecified atom stereocenters. The molecule has 1 heterocycles. The molecule has 0 aliphatic heterocycles. The first-order valence-corrected chi connectivity index (χ1v) is 9.08. The highest BCUT2D eigenvalue weighted by atomic mass is 79.9. The van der Waals surface area contributed by atoms with Crippen molar-refractivity contribution in [2.45, 2.75) is 6.92 Å². The van der Waals surface area contributed by atoms with Crippen molar-refractivity contribution in [3.8, 4) is 0 Å². The van der Waals surface area contributed by atoms with E-state index < -0.39 is 0 Å². The molecule has 0 bridgehead atoms. The van der Waals surface area contributed by atoms with Crippen molar-refractivity contribution < 1.29 is 9.59 Å². The van der Waals surface area contributed by atoms with Crippen molar-refractivity contribution in [1.82, 2.24) is 9.88 Å². The Morgan fingerprint density at radius 3 is 2.36 bits per heavy atom. The van der Waals surface area contributed by atoms with Crippen LogP contribution in [0.5, 0.6) is 0 Å². The Kier molecular flexibility index (Phi) is 7.10. The predicted octanol–water partition coefficient (Wildman–Crippen LogP) is 3.42. The molecule has 6 nitrogen and oxygen atoms in total. The molecule has 0 aliphatic rings. The average Bonchev–Trinajstić information content (AvgIpc) is 2.52. The van der Waals surface area contributed by atoms with Gasteiger partial charge in [0.15, 0.2) is 0 Å².